The second-order valence-electron chi connectivity index (χ2n) is 7.99. The number of nitrogens with zero attached hydrogens (tertiary/aromatic N) is 3. The van der Waals surface area contributed by atoms with Gasteiger partial charge in [-0.25, -0.2) is 22.8 Å². The van der Waals surface area contributed by atoms with Crippen molar-refractivity contribution in [2.24, 2.45) is 0 Å². The number of hydrogen-bond donors (Lipinski definition) is 1. The van der Waals surface area contributed by atoms with E-state index in [0.717, 1.165) is 17.7 Å². The predicted octanol–water partition coefficient (Wildman–Crippen LogP) is 4.16. The Morgan fingerprint density at radius 3 is 2.50 bits per heavy atom. The number of halogens is 3. The summed E-state index contributed by atoms with van der Waals surface area (Å²) in [5, 5.41) is 15.0. The number of hydrogen-bond acceptors (Lipinski definition) is 6. The molecule has 0 radical (unpaired) electrons. The van der Waals surface area contributed by atoms with Crippen LogP contribution in [0, 0.1) is 17.5 Å². The van der Waals surface area contributed by atoms with E-state index in [4.69, 9.17) is 9.47 Å². The van der Waals surface area contributed by atoms with Gasteiger partial charge in [0.05, 0.1) is 25.0 Å². The Kier molecular flexibility index (Phi) is 7.72. The van der Waals surface area contributed by atoms with Crippen LogP contribution >= 0.6 is 11.8 Å². The molecule has 0 bridgehead atoms. The monoisotopic (exact) mass is 491 g/mol. The summed E-state index contributed by atoms with van der Waals surface area (Å²) in [4.78, 5) is 3.88. The van der Waals surface area contributed by atoms with E-state index in [0.29, 0.717) is 13.2 Å². The average Bonchev–Trinajstić information content (AvgIpc) is 3.32. The highest BCUT2D eigenvalue weighted by Gasteiger charge is 2.41. The lowest BCUT2D eigenvalue weighted by atomic mass is 9.90. The lowest BCUT2D eigenvalue weighted by Crippen LogP contribution is -2.43. The maximum atomic E-state index is 14.7. The third-order valence-corrected chi connectivity index (χ3v) is 7.00. The standard InChI is InChI=1S/C24H24F3N3O3S/c1-16(24(31,13-30-15-28-14-29-30)21-8-7-19(26)10-22(21)27)34-20-11-32-23(33-12-20)9-4-17-2-5-18(25)6-3-17/h2-10,14-16,20,23,31H,11-13H2,1H3/t16-,20?,23?,24-/m1/s1. The SMILES string of the molecule is C[C@@H](SC1COC(C=Cc2ccc(F)cc2)OC1)[C@](O)(Cn1cncn1)c1ccc(F)cc1F. The van der Waals surface area contributed by atoms with Gasteiger partial charge in [0.2, 0.25) is 0 Å². The fraction of sp³-hybridized carbons (Fsp3) is 0.333. The van der Waals surface area contributed by atoms with Crippen LogP contribution in [0.25, 0.3) is 6.08 Å². The van der Waals surface area contributed by atoms with Gasteiger partial charge in [-0.2, -0.15) is 5.10 Å². The summed E-state index contributed by atoms with van der Waals surface area (Å²) >= 11 is 1.39. The molecule has 0 amide bonds. The van der Waals surface area contributed by atoms with Crippen LogP contribution in [-0.2, 0) is 21.6 Å². The fourth-order valence-electron chi connectivity index (χ4n) is 3.69. The maximum absolute atomic E-state index is 14.7. The first kappa shape index (κ1) is 24.5. The second kappa shape index (κ2) is 10.7. The zero-order valence-corrected chi connectivity index (χ0v) is 19.2. The summed E-state index contributed by atoms with van der Waals surface area (Å²) in [5.74, 6) is -1.86. The maximum Gasteiger partial charge on any atom is 0.177 e. The number of aliphatic hydroxyl groups is 1. The number of rotatable bonds is 8. The summed E-state index contributed by atoms with van der Waals surface area (Å²) in [6.07, 6.45) is 5.72. The molecular formula is C24H24F3N3O3S. The van der Waals surface area contributed by atoms with Gasteiger partial charge in [-0.05, 0) is 29.8 Å². The smallest absolute Gasteiger partial charge is 0.177 e. The first-order valence-electron chi connectivity index (χ1n) is 10.7. The third kappa shape index (κ3) is 5.87. The van der Waals surface area contributed by atoms with Crippen molar-refractivity contribution in [2.75, 3.05) is 13.2 Å². The largest absolute Gasteiger partial charge is 0.382 e. The van der Waals surface area contributed by atoms with Gasteiger partial charge >= 0.3 is 0 Å². The molecule has 2 aromatic carbocycles. The zero-order chi connectivity index (χ0) is 24.1. The number of benzene rings is 2. The van der Waals surface area contributed by atoms with Crippen molar-refractivity contribution in [1.82, 2.24) is 14.8 Å². The Bertz CT molecular complexity index is 1110. The lowest BCUT2D eigenvalue weighted by molar-refractivity contribution is -0.146. The van der Waals surface area contributed by atoms with Gasteiger partial charge in [0.25, 0.3) is 0 Å². The highest BCUT2D eigenvalue weighted by molar-refractivity contribution is 8.00. The third-order valence-electron chi connectivity index (χ3n) is 5.54. The van der Waals surface area contributed by atoms with Gasteiger partial charge in [-0.3, -0.25) is 0 Å². The minimum absolute atomic E-state index is 0.0258. The van der Waals surface area contributed by atoms with Crippen LogP contribution in [0.4, 0.5) is 13.2 Å². The molecule has 34 heavy (non-hydrogen) atoms. The van der Waals surface area contributed by atoms with E-state index in [2.05, 4.69) is 10.1 Å². The van der Waals surface area contributed by atoms with E-state index in [9.17, 15) is 18.3 Å². The van der Waals surface area contributed by atoms with Gasteiger partial charge in [-0.15, -0.1) is 11.8 Å². The van der Waals surface area contributed by atoms with Crippen LogP contribution in [0.5, 0.6) is 0 Å². The van der Waals surface area contributed by atoms with Gasteiger partial charge in [0.1, 0.15) is 35.7 Å². The van der Waals surface area contributed by atoms with Crippen molar-refractivity contribution < 1.29 is 27.8 Å². The number of ether oxygens (including phenoxy) is 2. The summed E-state index contributed by atoms with van der Waals surface area (Å²) in [5.41, 5.74) is -0.907. The molecule has 2 atom stereocenters. The molecule has 1 aliphatic rings. The van der Waals surface area contributed by atoms with Crippen molar-refractivity contribution in [1.29, 1.82) is 0 Å². The summed E-state index contributed by atoms with van der Waals surface area (Å²) < 4.78 is 54.1. The Morgan fingerprint density at radius 1 is 1.15 bits per heavy atom. The average molecular weight is 492 g/mol. The molecule has 2 heterocycles. The second-order valence-corrected chi connectivity index (χ2v) is 9.63. The molecule has 4 rings (SSSR count). The van der Waals surface area contributed by atoms with Gasteiger partial charge < -0.3 is 14.6 Å². The van der Waals surface area contributed by atoms with Crippen LogP contribution in [0.1, 0.15) is 18.1 Å². The summed E-state index contributed by atoms with van der Waals surface area (Å²) in [7, 11) is 0. The normalized spacial score (nSPS) is 21.4. The molecule has 0 aliphatic carbocycles. The fourth-order valence-corrected chi connectivity index (χ4v) is 5.01. The Balaban J connectivity index is 1.41. The van der Waals surface area contributed by atoms with E-state index in [1.807, 2.05) is 0 Å². The molecular weight excluding hydrogens is 467 g/mol. The molecule has 180 valence electrons. The molecule has 3 aromatic rings. The van der Waals surface area contributed by atoms with E-state index in [1.165, 1.54) is 47.3 Å². The van der Waals surface area contributed by atoms with Crippen molar-refractivity contribution in [3.8, 4) is 0 Å². The van der Waals surface area contributed by atoms with E-state index in [-0.39, 0.29) is 23.2 Å². The first-order valence-corrected chi connectivity index (χ1v) is 11.6. The molecule has 1 aromatic heterocycles. The van der Waals surface area contributed by atoms with Crippen LogP contribution in [0.3, 0.4) is 0 Å². The molecule has 10 heteroatoms. The highest BCUT2D eigenvalue weighted by atomic mass is 32.2. The van der Waals surface area contributed by atoms with Crippen LogP contribution in [0.2, 0.25) is 0 Å². The number of thioether (sulfide) groups is 1. The first-order chi connectivity index (χ1) is 16.3. The van der Waals surface area contributed by atoms with Crippen molar-refractivity contribution in [2.45, 2.75) is 35.9 Å². The van der Waals surface area contributed by atoms with E-state index >= 15 is 0 Å². The molecule has 1 aliphatic heterocycles. The van der Waals surface area contributed by atoms with Gasteiger partial charge in [0.15, 0.2) is 6.29 Å². The Morgan fingerprint density at radius 2 is 1.85 bits per heavy atom. The van der Waals surface area contributed by atoms with E-state index in [1.54, 1.807) is 31.2 Å². The van der Waals surface area contributed by atoms with Crippen LogP contribution in [0.15, 0.2) is 61.2 Å². The molecule has 6 nitrogen and oxygen atoms in total. The predicted molar refractivity (Wildman–Crippen MR) is 122 cm³/mol. The van der Waals surface area contributed by atoms with Crippen LogP contribution in [-0.4, -0.2) is 49.9 Å². The number of aromatic nitrogens is 3. The molecule has 1 fully saturated rings. The quantitative estimate of drug-likeness (QED) is 0.511. The molecule has 1 saturated heterocycles. The van der Waals surface area contributed by atoms with Crippen molar-refractivity contribution in [3.05, 3.63) is 89.8 Å². The molecule has 0 unspecified atom stereocenters. The minimum Gasteiger partial charge on any atom is -0.382 e. The summed E-state index contributed by atoms with van der Waals surface area (Å²) in [6.45, 7) is 2.39. The Hall–Kier alpha value is -2.66. The molecule has 0 saturated carbocycles. The molecule has 1 N–H and O–H groups in total. The van der Waals surface area contributed by atoms with Crippen molar-refractivity contribution in [3.63, 3.8) is 0 Å². The summed E-state index contributed by atoms with van der Waals surface area (Å²) in [6, 6.07) is 9.18. The van der Waals surface area contributed by atoms with E-state index < -0.39 is 28.8 Å². The zero-order valence-electron chi connectivity index (χ0n) is 18.4. The van der Waals surface area contributed by atoms with Gasteiger partial charge in [-0.1, -0.05) is 31.2 Å². The lowest BCUT2D eigenvalue weighted by Gasteiger charge is -2.37. The topological polar surface area (TPSA) is 69.4 Å². The highest BCUT2D eigenvalue weighted by Crippen LogP contribution is 2.38. The van der Waals surface area contributed by atoms with Crippen LogP contribution < -0.4 is 0 Å². The van der Waals surface area contributed by atoms with Crippen molar-refractivity contribution >= 4 is 17.8 Å². The minimum atomic E-state index is -1.70. The molecule has 0 spiro atoms. The Labute approximate surface area is 199 Å². The van der Waals surface area contributed by atoms with Gasteiger partial charge in [0, 0.05) is 16.9 Å².